The summed E-state index contributed by atoms with van der Waals surface area (Å²) in [6.45, 7) is 4.82. The van der Waals surface area contributed by atoms with Crippen molar-refractivity contribution in [2.24, 2.45) is 10.2 Å². The molecule has 2 N–H and O–H groups in total. The third-order valence-corrected chi connectivity index (χ3v) is 4.36. The number of rotatable bonds is 13. The molecule has 2 aromatic carbocycles. The van der Waals surface area contributed by atoms with Crippen molar-refractivity contribution in [1.29, 1.82) is 0 Å². The molecular weight excluding hydrogens is 440 g/mol. The highest BCUT2D eigenvalue weighted by Gasteiger charge is 2.07. The predicted octanol–water partition coefficient (Wildman–Crippen LogP) is 2.88. The van der Waals surface area contributed by atoms with E-state index in [4.69, 9.17) is 18.9 Å². The zero-order chi connectivity index (χ0) is 24.8. The number of ether oxygens (including phenoxy) is 4. The van der Waals surface area contributed by atoms with Crippen molar-refractivity contribution in [3.8, 4) is 23.0 Å². The Bertz CT molecular complexity index is 941. The molecule has 0 aliphatic carbocycles. The summed E-state index contributed by atoms with van der Waals surface area (Å²) in [6.07, 6.45) is 2.88. The minimum absolute atomic E-state index is 0.0395. The van der Waals surface area contributed by atoms with Crippen LogP contribution in [0.5, 0.6) is 23.0 Å². The molecule has 2 aromatic rings. The van der Waals surface area contributed by atoms with Crippen molar-refractivity contribution in [1.82, 2.24) is 10.9 Å². The van der Waals surface area contributed by atoms with E-state index < -0.39 is 11.8 Å². The highest BCUT2D eigenvalue weighted by atomic mass is 16.5. The van der Waals surface area contributed by atoms with E-state index in [-0.39, 0.29) is 12.8 Å². The summed E-state index contributed by atoms with van der Waals surface area (Å²) >= 11 is 0. The van der Waals surface area contributed by atoms with E-state index >= 15 is 0 Å². The Hall–Kier alpha value is -4.08. The van der Waals surface area contributed by atoms with Crippen LogP contribution in [0.3, 0.4) is 0 Å². The van der Waals surface area contributed by atoms with E-state index in [0.29, 0.717) is 36.2 Å². The standard InChI is InChI=1S/C24H30N4O6/c1-5-33-19-9-7-17(13-21(19)31-3)15-25-27-23(29)11-12-24(30)28-26-16-18-8-10-20(34-6-2)22(14-18)32-4/h7-10,13-16H,5-6,11-12H2,1-4H3,(H,27,29)(H,28,30)/b25-15+,26-16+. The molecule has 0 saturated heterocycles. The first-order valence-electron chi connectivity index (χ1n) is 10.8. The summed E-state index contributed by atoms with van der Waals surface area (Å²) in [7, 11) is 3.09. The Kier molecular flexibility index (Phi) is 10.9. The molecule has 2 rings (SSSR count). The van der Waals surface area contributed by atoms with E-state index in [1.165, 1.54) is 12.4 Å². The molecule has 0 aromatic heterocycles. The molecule has 0 fully saturated rings. The maximum Gasteiger partial charge on any atom is 0.240 e. The van der Waals surface area contributed by atoms with Crippen molar-refractivity contribution in [2.45, 2.75) is 26.7 Å². The number of hydrazone groups is 2. The van der Waals surface area contributed by atoms with Crippen LogP contribution in [0.15, 0.2) is 46.6 Å². The monoisotopic (exact) mass is 470 g/mol. The van der Waals surface area contributed by atoms with Gasteiger partial charge in [-0.05, 0) is 61.4 Å². The lowest BCUT2D eigenvalue weighted by Crippen LogP contribution is -2.22. The number of hydrogen-bond donors (Lipinski definition) is 2. The van der Waals surface area contributed by atoms with Gasteiger partial charge in [-0.15, -0.1) is 0 Å². The van der Waals surface area contributed by atoms with Crippen LogP contribution in [0.4, 0.5) is 0 Å². The maximum absolute atomic E-state index is 11.9. The van der Waals surface area contributed by atoms with Gasteiger partial charge < -0.3 is 18.9 Å². The van der Waals surface area contributed by atoms with Gasteiger partial charge >= 0.3 is 0 Å². The molecule has 10 heteroatoms. The third kappa shape index (κ3) is 8.45. The fourth-order valence-electron chi connectivity index (χ4n) is 2.77. The van der Waals surface area contributed by atoms with Gasteiger partial charge in [-0.2, -0.15) is 10.2 Å². The van der Waals surface area contributed by atoms with Crippen molar-refractivity contribution in [2.75, 3.05) is 27.4 Å². The van der Waals surface area contributed by atoms with Crippen LogP contribution < -0.4 is 29.8 Å². The van der Waals surface area contributed by atoms with Gasteiger partial charge in [-0.25, -0.2) is 10.9 Å². The minimum Gasteiger partial charge on any atom is -0.493 e. The van der Waals surface area contributed by atoms with E-state index in [1.54, 1.807) is 50.6 Å². The lowest BCUT2D eigenvalue weighted by Gasteiger charge is -2.09. The lowest BCUT2D eigenvalue weighted by atomic mass is 10.2. The van der Waals surface area contributed by atoms with Gasteiger partial charge in [0.15, 0.2) is 23.0 Å². The summed E-state index contributed by atoms with van der Waals surface area (Å²) < 4.78 is 21.5. The normalized spacial score (nSPS) is 10.8. The summed E-state index contributed by atoms with van der Waals surface area (Å²) in [5.41, 5.74) is 6.22. The average Bonchev–Trinajstić information content (AvgIpc) is 2.84. The lowest BCUT2D eigenvalue weighted by molar-refractivity contribution is -0.126. The second-order valence-electron chi connectivity index (χ2n) is 6.77. The third-order valence-electron chi connectivity index (χ3n) is 4.36. The molecule has 0 heterocycles. The van der Waals surface area contributed by atoms with E-state index in [9.17, 15) is 9.59 Å². The maximum atomic E-state index is 11.9. The Labute approximate surface area is 198 Å². The fraction of sp³-hybridized carbons (Fsp3) is 0.333. The van der Waals surface area contributed by atoms with Crippen LogP contribution in [0.2, 0.25) is 0 Å². The second-order valence-corrected chi connectivity index (χ2v) is 6.77. The molecule has 0 saturated carbocycles. The van der Waals surface area contributed by atoms with Crippen LogP contribution in [0, 0.1) is 0 Å². The molecule has 2 amide bonds. The molecule has 0 aliphatic heterocycles. The first kappa shape index (κ1) is 26.2. The molecule has 0 radical (unpaired) electrons. The zero-order valence-electron chi connectivity index (χ0n) is 19.8. The van der Waals surface area contributed by atoms with Gasteiger partial charge in [0.05, 0.1) is 39.9 Å². The van der Waals surface area contributed by atoms with Crippen molar-refractivity contribution in [3.63, 3.8) is 0 Å². The summed E-state index contributed by atoms with van der Waals surface area (Å²) in [5, 5.41) is 7.81. The van der Waals surface area contributed by atoms with Crippen LogP contribution >= 0.6 is 0 Å². The van der Waals surface area contributed by atoms with Gasteiger partial charge in [0.2, 0.25) is 11.8 Å². The molecule has 10 nitrogen and oxygen atoms in total. The Morgan fingerprint density at radius 3 is 1.50 bits per heavy atom. The first-order valence-corrected chi connectivity index (χ1v) is 10.8. The van der Waals surface area contributed by atoms with Gasteiger partial charge in [0.25, 0.3) is 0 Å². The van der Waals surface area contributed by atoms with E-state index in [2.05, 4.69) is 21.1 Å². The molecule has 0 unspecified atom stereocenters. The van der Waals surface area contributed by atoms with Gasteiger partial charge in [0.1, 0.15) is 0 Å². The molecule has 182 valence electrons. The number of methoxy groups -OCH3 is 2. The SMILES string of the molecule is CCOc1ccc(/C=N/NC(=O)CCC(=O)N/N=C/c2ccc(OCC)c(OC)c2)cc1OC. The molecule has 34 heavy (non-hydrogen) atoms. The number of carbonyl (C=O) groups is 2. The molecular formula is C24H30N4O6. The Morgan fingerprint density at radius 1 is 0.735 bits per heavy atom. The van der Waals surface area contributed by atoms with Gasteiger partial charge in [-0.1, -0.05) is 0 Å². The highest BCUT2D eigenvalue weighted by Crippen LogP contribution is 2.28. The topological polar surface area (TPSA) is 120 Å². The minimum atomic E-state index is -0.399. The molecule has 0 aliphatic rings. The number of nitrogens with one attached hydrogen (secondary N) is 2. The second kappa shape index (κ2) is 14.1. The van der Waals surface area contributed by atoms with Crippen LogP contribution in [0.1, 0.15) is 37.8 Å². The molecule has 0 spiro atoms. The summed E-state index contributed by atoms with van der Waals surface area (Å²) in [5.74, 6) is 1.59. The number of hydrogen-bond acceptors (Lipinski definition) is 8. The Balaban J connectivity index is 1.77. The van der Waals surface area contributed by atoms with E-state index in [1.807, 2.05) is 13.8 Å². The number of amides is 2. The molecule has 0 bridgehead atoms. The van der Waals surface area contributed by atoms with Gasteiger partial charge in [-0.3, -0.25) is 9.59 Å². The van der Waals surface area contributed by atoms with Crippen molar-refractivity contribution in [3.05, 3.63) is 47.5 Å². The fourth-order valence-corrected chi connectivity index (χ4v) is 2.77. The van der Waals surface area contributed by atoms with Gasteiger partial charge in [0, 0.05) is 12.8 Å². The van der Waals surface area contributed by atoms with Crippen molar-refractivity contribution < 1.29 is 28.5 Å². The Morgan fingerprint density at radius 2 is 1.15 bits per heavy atom. The average molecular weight is 471 g/mol. The van der Waals surface area contributed by atoms with Crippen LogP contribution in [-0.2, 0) is 9.59 Å². The summed E-state index contributed by atoms with van der Waals surface area (Å²) in [6, 6.07) is 10.6. The predicted molar refractivity (Wildman–Crippen MR) is 129 cm³/mol. The number of carbonyl (C=O) groups excluding carboxylic acids is 2. The first-order chi connectivity index (χ1) is 16.5. The van der Waals surface area contributed by atoms with E-state index in [0.717, 1.165) is 11.1 Å². The van der Waals surface area contributed by atoms with Crippen LogP contribution in [0.25, 0.3) is 0 Å². The quantitative estimate of drug-likeness (QED) is 0.343. The zero-order valence-corrected chi connectivity index (χ0v) is 19.8. The summed E-state index contributed by atoms with van der Waals surface area (Å²) in [4.78, 5) is 23.9. The van der Waals surface area contributed by atoms with Crippen LogP contribution in [-0.4, -0.2) is 51.7 Å². The number of nitrogens with zero attached hydrogens (tertiary/aromatic N) is 2. The smallest absolute Gasteiger partial charge is 0.240 e. The number of benzene rings is 2. The molecule has 0 atom stereocenters. The van der Waals surface area contributed by atoms with Crippen molar-refractivity contribution >= 4 is 24.2 Å². The highest BCUT2D eigenvalue weighted by molar-refractivity contribution is 5.87. The largest absolute Gasteiger partial charge is 0.493 e.